The quantitative estimate of drug-likeness (QED) is 0.496. The number of aliphatic hydroxyl groups is 1. The van der Waals surface area contributed by atoms with E-state index in [-0.39, 0.29) is 36.0 Å². The van der Waals surface area contributed by atoms with Gasteiger partial charge in [-0.2, -0.15) is 0 Å². The molecule has 184 valence electrons. The summed E-state index contributed by atoms with van der Waals surface area (Å²) < 4.78 is 6.98. The molecule has 1 amide bonds. The normalized spacial score (nSPS) is 12.1. The van der Waals surface area contributed by atoms with E-state index in [1.54, 1.807) is 11.7 Å². The lowest BCUT2D eigenvalue weighted by Gasteiger charge is -2.27. The van der Waals surface area contributed by atoms with Crippen LogP contribution in [0.25, 0.3) is 10.9 Å². The molecule has 0 saturated heterocycles. The van der Waals surface area contributed by atoms with Gasteiger partial charge in [0.1, 0.15) is 12.3 Å². The van der Waals surface area contributed by atoms with E-state index in [2.05, 4.69) is 13.8 Å². The summed E-state index contributed by atoms with van der Waals surface area (Å²) in [5.41, 5.74) is 1.13. The largest absolute Gasteiger partial charge is 0.497 e. The molecule has 0 spiro atoms. The molecule has 6 nitrogen and oxygen atoms in total. The number of aliphatic hydroxyl groups excluding tert-OH is 1. The zero-order chi connectivity index (χ0) is 24.8. The van der Waals surface area contributed by atoms with Gasteiger partial charge in [0.05, 0.1) is 12.6 Å². The smallest absolute Gasteiger partial charge is 0.254 e. The summed E-state index contributed by atoms with van der Waals surface area (Å²) in [7, 11) is 1.60. The van der Waals surface area contributed by atoms with Gasteiger partial charge in [0, 0.05) is 31.3 Å². The first-order valence-corrected chi connectivity index (χ1v) is 12.1. The molecule has 0 bridgehead atoms. The Bertz CT molecular complexity index is 992. The van der Waals surface area contributed by atoms with Crippen LogP contribution in [0.2, 0.25) is 0 Å². The van der Waals surface area contributed by atoms with Gasteiger partial charge in [0.2, 0.25) is 5.91 Å². The first-order valence-electron chi connectivity index (χ1n) is 12.1. The lowest BCUT2D eigenvalue weighted by atomic mass is 9.89. The van der Waals surface area contributed by atoms with Crippen molar-refractivity contribution in [1.82, 2.24) is 9.47 Å². The SMILES string of the molecule is COc1ccc2cc(C(C)C)c(=O)n(CC(=O)N(CCCC(C)(C)CO)CCC(C)C)c2c1. The number of hydrogen-bond donors (Lipinski definition) is 1. The zero-order valence-electron chi connectivity index (χ0n) is 21.5. The molecule has 0 saturated carbocycles. The molecule has 1 N–H and O–H groups in total. The molecule has 1 aromatic carbocycles. The predicted octanol–water partition coefficient (Wildman–Crippen LogP) is 4.81. The second-order valence-electron chi connectivity index (χ2n) is 10.6. The highest BCUT2D eigenvalue weighted by Gasteiger charge is 2.21. The predicted molar refractivity (Wildman–Crippen MR) is 135 cm³/mol. The summed E-state index contributed by atoms with van der Waals surface area (Å²) in [5.74, 6) is 1.14. The molecule has 0 aliphatic heterocycles. The first kappa shape index (κ1) is 26.9. The van der Waals surface area contributed by atoms with Crippen LogP contribution in [0, 0.1) is 11.3 Å². The fourth-order valence-electron chi connectivity index (χ4n) is 3.91. The number of methoxy groups -OCH3 is 1. The highest BCUT2D eigenvalue weighted by Crippen LogP contribution is 2.24. The van der Waals surface area contributed by atoms with E-state index >= 15 is 0 Å². The number of fused-ring (bicyclic) bond motifs is 1. The van der Waals surface area contributed by atoms with Crippen molar-refractivity contribution < 1.29 is 14.6 Å². The van der Waals surface area contributed by atoms with E-state index in [1.807, 2.05) is 56.9 Å². The van der Waals surface area contributed by atoms with Crippen molar-refractivity contribution in [2.24, 2.45) is 11.3 Å². The number of carbonyl (C=O) groups is 1. The Kier molecular flexibility index (Phi) is 9.53. The molecule has 0 fully saturated rings. The van der Waals surface area contributed by atoms with Crippen LogP contribution >= 0.6 is 0 Å². The number of hydrogen-bond acceptors (Lipinski definition) is 4. The standard InChI is InChI=1S/C27H42N2O4/c1-19(2)11-14-28(13-8-12-27(5,6)18-30)25(31)17-29-24-16-22(33-7)10-9-21(24)15-23(20(3)4)26(29)32/h9-10,15-16,19-20,30H,8,11-14,17-18H2,1-7H3. The van der Waals surface area contributed by atoms with Gasteiger partial charge in [0.25, 0.3) is 5.56 Å². The number of aromatic nitrogens is 1. The Hall–Kier alpha value is -2.34. The minimum Gasteiger partial charge on any atom is -0.497 e. The van der Waals surface area contributed by atoms with Gasteiger partial charge in [-0.3, -0.25) is 14.2 Å². The Labute approximate surface area is 198 Å². The van der Waals surface area contributed by atoms with E-state index < -0.39 is 0 Å². The van der Waals surface area contributed by atoms with Crippen LogP contribution in [-0.2, 0) is 11.3 Å². The van der Waals surface area contributed by atoms with Gasteiger partial charge in [-0.05, 0) is 60.1 Å². The van der Waals surface area contributed by atoms with Crippen molar-refractivity contribution in [1.29, 1.82) is 0 Å². The Morgan fingerprint density at radius 3 is 2.42 bits per heavy atom. The van der Waals surface area contributed by atoms with Crippen molar-refractivity contribution in [2.45, 2.75) is 73.3 Å². The fraction of sp³-hybridized carbons (Fsp3) is 0.630. The van der Waals surface area contributed by atoms with Gasteiger partial charge in [-0.1, -0.05) is 41.5 Å². The molecular formula is C27H42N2O4. The first-order chi connectivity index (χ1) is 15.5. The van der Waals surface area contributed by atoms with Crippen LogP contribution in [0.5, 0.6) is 5.75 Å². The maximum atomic E-state index is 13.5. The van der Waals surface area contributed by atoms with Crippen molar-refractivity contribution in [3.63, 3.8) is 0 Å². The third-order valence-electron chi connectivity index (χ3n) is 6.29. The minimum absolute atomic E-state index is 0.00451. The van der Waals surface area contributed by atoms with E-state index in [0.717, 1.165) is 24.6 Å². The molecule has 0 aliphatic rings. The van der Waals surface area contributed by atoms with Crippen LogP contribution in [0.15, 0.2) is 29.1 Å². The van der Waals surface area contributed by atoms with Crippen molar-refractivity contribution >= 4 is 16.8 Å². The van der Waals surface area contributed by atoms with Crippen LogP contribution < -0.4 is 10.3 Å². The number of carbonyl (C=O) groups excluding carboxylic acids is 1. The topological polar surface area (TPSA) is 71.8 Å². The Balaban J connectivity index is 2.38. The Morgan fingerprint density at radius 1 is 1.15 bits per heavy atom. The fourth-order valence-corrected chi connectivity index (χ4v) is 3.91. The molecule has 1 heterocycles. The highest BCUT2D eigenvalue weighted by atomic mass is 16.5. The molecule has 0 atom stereocenters. The molecular weight excluding hydrogens is 416 g/mol. The number of ether oxygens (including phenoxy) is 1. The number of rotatable bonds is 12. The van der Waals surface area contributed by atoms with Crippen LogP contribution in [0.4, 0.5) is 0 Å². The van der Waals surface area contributed by atoms with Gasteiger partial charge in [-0.25, -0.2) is 0 Å². The molecule has 2 aromatic rings. The lowest BCUT2D eigenvalue weighted by Crippen LogP contribution is -2.39. The molecule has 0 unspecified atom stereocenters. The summed E-state index contributed by atoms with van der Waals surface area (Å²) >= 11 is 0. The van der Waals surface area contributed by atoms with Gasteiger partial charge < -0.3 is 14.7 Å². The second kappa shape index (κ2) is 11.7. The molecule has 0 aliphatic carbocycles. The molecule has 6 heteroatoms. The average Bonchev–Trinajstić information content (AvgIpc) is 2.76. The number of benzene rings is 1. The second-order valence-corrected chi connectivity index (χ2v) is 10.6. The number of pyridine rings is 1. The van der Waals surface area contributed by atoms with Gasteiger partial charge in [-0.15, -0.1) is 0 Å². The van der Waals surface area contributed by atoms with Crippen LogP contribution in [0.1, 0.15) is 72.3 Å². The number of nitrogens with zero attached hydrogens (tertiary/aromatic N) is 2. The number of amides is 1. The van der Waals surface area contributed by atoms with Crippen LogP contribution in [0.3, 0.4) is 0 Å². The summed E-state index contributed by atoms with van der Waals surface area (Å²) in [5, 5.41) is 10.5. The average molecular weight is 459 g/mol. The maximum Gasteiger partial charge on any atom is 0.254 e. The summed E-state index contributed by atoms with van der Waals surface area (Å²) in [6, 6.07) is 7.57. The third-order valence-corrected chi connectivity index (χ3v) is 6.29. The molecule has 0 radical (unpaired) electrons. The summed E-state index contributed by atoms with van der Waals surface area (Å²) in [6.07, 6.45) is 2.55. The van der Waals surface area contributed by atoms with E-state index in [4.69, 9.17) is 4.74 Å². The van der Waals surface area contributed by atoms with Crippen LogP contribution in [-0.4, -0.2) is 47.3 Å². The summed E-state index contributed by atoms with van der Waals surface area (Å²) in [4.78, 5) is 28.7. The monoisotopic (exact) mass is 458 g/mol. The van der Waals surface area contributed by atoms with E-state index in [9.17, 15) is 14.7 Å². The molecule has 2 rings (SSSR count). The molecule has 1 aromatic heterocycles. The molecule has 33 heavy (non-hydrogen) atoms. The van der Waals surface area contributed by atoms with Crippen molar-refractivity contribution in [3.05, 3.63) is 40.2 Å². The van der Waals surface area contributed by atoms with E-state index in [1.165, 1.54) is 0 Å². The minimum atomic E-state index is -0.165. The van der Waals surface area contributed by atoms with Crippen molar-refractivity contribution in [3.8, 4) is 5.75 Å². The summed E-state index contributed by atoms with van der Waals surface area (Å²) in [6.45, 7) is 13.8. The lowest BCUT2D eigenvalue weighted by molar-refractivity contribution is -0.132. The van der Waals surface area contributed by atoms with Gasteiger partial charge >= 0.3 is 0 Å². The third kappa shape index (κ3) is 7.32. The van der Waals surface area contributed by atoms with Gasteiger partial charge in [0.15, 0.2) is 0 Å². The van der Waals surface area contributed by atoms with E-state index in [0.29, 0.717) is 35.8 Å². The van der Waals surface area contributed by atoms with Crippen molar-refractivity contribution in [2.75, 3.05) is 26.8 Å². The highest BCUT2D eigenvalue weighted by molar-refractivity contribution is 5.84. The Morgan fingerprint density at radius 2 is 1.85 bits per heavy atom. The maximum absolute atomic E-state index is 13.5. The zero-order valence-corrected chi connectivity index (χ0v) is 21.5.